The SMILES string of the molecule is CC(C)(Cn1cccn1)c1ccccc1. The molecule has 0 saturated carbocycles. The Labute approximate surface area is 90.6 Å². The molecular formula is C13H16N2. The second-order valence-electron chi connectivity index (χ2n) is 4.45. The van der Waals surface area contributed by atoms with E-state index in [1.807, 2.05) is 29.2 Å². The Morgan fingerprint density at radius 3 is 2.47 bits per heavy atom. The van der Waals surface area contributed by atoms with Gasteiger partial charge in [0.25, 0.3) is 0 Å². The maximum absolute atomic E-state index is 4.24. The molecule has 1 heterocycles. The predicted molar refractivity (Wildman–Crippen MR) is 61.7 cm³/mol. The Morgan fingerprint density at radius 1 is 1.13 bits per heavy atom. The molecule has 0 spiro atoms. The summed E-state index contributed by atoms with van der Waals surface area (Å²) >= 11 is 0. The minimum absolute atomic E-state index is 0.118. The van der Waals surface area contributed by atoms with Crippen molar-refractivity contribution in [1.29, 1.82) is 0 Å². The second kappa shape index (κ2) is 3.89. The van der Waals surface area contributed by atoms with Crippen LogP contribution in [0, 0.1) is 0 Å². The van der Waals surface area contributed by atoms with Gasteiger partial charge < -0.3 is 0 Å². The fourth-order valence-corrected chi connectivity index (χ4v) is 1.78. The molecular weight excluding hydrogens is 184 g/mol. The van der Waals surface area contributed by atoms with Crippen LogP contribution in [-0.2, 0) is 12.0 Å². The summed E-state index contributed by atoms with van der Waals surface area (Å²) < 4.78 is 1.98. The van der Waals surface area contributed by atoms with Gasteiger partial charge in [-0.1, -0.05) is 44.2 Å². The van der Waals surface area contributed by atoms with Gasteiger partial charge in [-0.2, -0.15) is 5.10 Å². The quantitative estimate of drug-likeness (QED) is 0.745. The molecule has 2 nitrogen and oxygen atoms in total. The third-order valence-electron chi connectivity index (χ3n) is 2.67. The van der Waals surface area contributed by atoms with Gasteiger partial charge in [0.05, 0.1) is 6.54 Å². The lowest BCUT2D eigenvalue weighted by atomic mass is 9.85. The van der Waals surface area contributed by atoms with E-state index >= 15 is 0 Å². The van der Waals surface area contributed by atoms with Gasteiger partial charge in [0, 0.05) is 17.8 Å². The van der Waals surface area contributed by atoms with E-state index in [9.17, 15) is 0 Å². The van der Waals surface area contributed by atoms with E-state index in [2.05, 4.69) is 43.2 Å². The van der Waals surface area contributed by atoms with Crippen LogP contribution < -0.4 is 0 Å². The highest BCUT2D eigenvalue weighted by Crippen LogP contribution is 2.24. The van der Waals surface area contributed by atoms with Gasteiger partial charge in [-0.05, 0) is 11.6 Å². The van der Waals surface area contributed by atoms with Crippen LogP contribution in [0.5, 0.6) is 0 Å². The van der Waals surface area contributed by atoms with Gasteiger partial charge in [0.15, 0.2) is 0 Å². The van der Waals surface area contributed by atoms with Gasteiger partial charge >= 0.3 is 0 Å². The molecule has 15 heavy (non-hydrogen) atoms. The predicted octanol–water partition coefficient (Wildman–Crippen LogP) is 2.86. The van der Waals surface area contributed by atoms with Crippen LogP contribution in [0.3, 0.4) is 0 Å². The number of benzene rings is 1. The first-order chi connectivity index (χ1) is 7.18. The molecule has 0 fully saturated rings. The smallest absolute Gasteiger partial charge is 0.0500 e. The summed E-state index contributed by atoms with van der Waals surface area (Å²) in [7, 11) is 0. The summed E-state index contributed by atoms with van der Waals surface area (Å²) in [5, 5.41) is 4.24. The van der Waals surface area contributed by atoms with Gasteiger partial charge in [0.2, 0.25) is 0 Å². The topological polar surface area (TPSA) is 17.8 Å². The summed E-state index contributed by atoms with van der Waals surface area (Å²) in [6, 6.07) is 12.5. The molecule has 0 saturated heterocycles. The monoisotopic (exact) mass is 200 g/mol. The van der Waals surface area contributed by atoms with Crippen LogP contribution in [0.25, 0.3) is 0 Å². The summed E-state index contributed by atoms with van der Waals surface area (Å²) in [6.45, 7) is 5.39. The minimum Gasteiger partial charge on any atom is -0.272 e. The third-order valence-corrected chi connectivity index (χ3v) is 2.67. The first-order valence-electron chi connectivity index (χ1n) is 5.21. The molecule has 0 radical (unpaired) electrons. The van der Waals surface area contributed by atoms with E-state index in [1.165, 1.54) is 5.56 Å². The van der Waals surface area contributed by atoms with Crippen molar-refractivity contribution in [1.82, 2.24) is 9.78 Å². The summed E-state index contributed by atoms with van der Waals surface area (Å²) in [5.74, 6) is 0. The van der Waals surface area contributed by atoms with Crippen LogP contribution >= 0.6 is 0 Å². The Kier molecular flexibility index (Phi) is 2.58. The molecule has 0 aliphatic heterocycles. The lowest BCUT2D eigenvalue weighted by molar-refractivity contribution is 0.408. The van der Waals surface area contributed by atoms with Gasteiger partial charge in [-0.3, -0.25) is 4.68 Å². The molecule has 1 aromatic heterocycles. The molecule has 2 aromatic rings. The average molecular weight is 200 g/mol. The standard InChI is InChI=1S/C13H16N2/c1-13(2,11-15-10-6-9-14-15)12-7-4-3-5-8-12/h3-10H,11H2,1-2H3. The average Bonchev–Trinajstić information content (AvgIpc) is 2.71. The molecule has 0 amide bonds. The van der Waals surface area contributed by atoms with E-state index < -0.39 is 0 Å². The normalized spacial score (nSPS) is 11.6. The Morgan fingerprint density at radius 2 is 1.87 bits per heavy atom. The number of nitrogens with zero attached hydrogens (tertiary/aromatic N) is 2. The van der Waals surface area contributed by atoms with Crippen molar-refractivity contribution in [3.63, 3.8) is 0 Å². The summed E-state index contributed by atoms with van der Waals surface area (Å²) in [4.78, 5) is 0. The largest absolute Gasteiger partial charge is 0.272 e. The van der Waals surface area contributed by atoms with E-state index in [-0.39, 0.29) is 5.41 Å². The minimum atomic E-state index is 0.118. The van der Waals surface area contributed by atoms with Crippen LogP contribution in [0.1, 0.15) is 19.4 Å². The van der Waals surface area contributed by atoms with Crippen LogP contribution in [0.4, 0.5) is 0 Å². The van der Waals surface area contributed by atoms with Crippen LogP contribution in [0.15, 0.2) is 48.8 Å². The fraction of sp³-hybridized carbons (Fsp3) is 0.308. The molecule has 2 rings (SSSR count). The summed E-state index contributed by atoms with van der Waals surface area (Å²) in [5.41, 5.74) is 1.47. The number of hydrogen-bond acceptors (Lipinski definition) is 1. The molecule has 0 aliphatic rings. The van der Waals surface area contributed by atoms with Crippen molar-refractivity contribution < 1.29 is 0 Å². The van der Waals surface area contributed by atoms with E-state index in [0.29, 0.717) is 0 Å². The van der Waals surface area contributed by atoms with Gasteiger partial charge in [-0.25, -0.2) is 0 Å². The Hall–Kier alpha value is -1.57. The molecule has 78 valence electrons. The molecule has 1 aromatic carbocycles. The zero-order valence-corrected chi connectivity index (χ0v) is 9.22. The van der Waals surface area contributed by atoms with E-state index in [4.69, 9.17) is 0 Å². The molecule has 0 N–H and O–H groups in total. The fourth-order valence-electron chi connectivity index (χ4n) is 1.78. The zero-order chi connectivity index (χ0) is 10.7. The van der Waals surface area contributed by atoms with Gasteiger partial charge in [0.1, 0.15) is 0 Å². The van der Waals surface area contributed by atoms with Crippen molar-refractivity contribution in [3.8, 4) is 0 Å². The molecule has 0 unspecified atom stereocenters. The number of hydrogen-bond donors (Lipinski definition) is 0. The highest BCUT2D eigenvalue weighted by molar-refractivity contribution is 5.23. The first kappa shape index (κ1) is 9.97. The molecule has 0 atom stereocenters. The van der Waals surface area contributed by atoms with E-state index in [0.717, 1.165) is 6.54 Å². The zero-order valence-electron chi connectivity index (χ0n) is 9.22. The van der Waals surface area contributed by atoms with Crippen molar-refractivity contribution in [3.05, 3.63) is 54.4 Å². The van der Waals surface area contributed by atoms with Crippen LogP contribution in [0.2, 0.25) is 0 Å². The number of aromatic nitrogens is 2. The lowest BCUT2D eigenvalue weighted by Gasteiger charge is -2.25. The maximum atomic E-state index is 4.24. The maximum Gasteiger partial charge on any atom is 0.0500 e. The Bertz CT molecular complexity index is 401. The second-order valence-corrected chi connectivity index (χ2v) is 4.45. The number of rotatable bonds is 3. The highest BCUT2D eigenvalue weighted by atomic mass is 15.3. The molecule has 2 heteroatoms. The summed E-state index contributed by atoms with van der Waals surface area (Å²) in [6.07, 6.45) is 3.83. The third kappa shape index (κ3) is 2.27. The Balaban J connectivity index is 2.20. The van der Waals surface area contributed by atoms with Crippen molar-refractivity contribution in [2.24, 2.45) is 0 Å². The van der Waals surface area contributed by atoms with Crippen molar-refractivity contribution in [2.45, 2.75) is 25.8 Å². The van der Waals surface area contributed by atoms with Gasteiger partial charge in [-0.15, -0.1) is 0 Å². The van der Waals surface area contributed by atoms with Crippen molar-refractivity contribution >= 4 is 0 Å². The van der Waals surface area contributed by atoms with E-state index in [1.54, 1.807) is 0 Å². The lowest BCUT2D eigenvalue weighted by Crippen LogP contribution is -2.24. The first-order valence-corrected chi connectivity index (χ1v) is 5.21. The highest BCUT2D eigenvalue weighted by Gasteiger charge is 2.20. The molecule has 0 bridgehead atoms. The van der Waals surface area contributed by atoms with Crippen molar-refractivity contribution in [2.75, 3.05) is 0 Å². The molecule has 0 aliphatic carbocycles. The van der Waals surface area contributed by atoms with Crippen LogP contribution in [-0.4, -0.2) is 9.78 Å².